The van der Waals surface area contributed by atoms with E-state index in [-0.39, 0.29) is 5.56 Å². The van der Waals surface area contributed by atoms with Gasteiger partial charge in [-0.15, -0.1) is 0 Å². The first-order valence-electron chi connectivity index (χ1n) is 7.35. The van der Waals surface area contributed by atoms with E-state index in [1.807, 2.05) is 13.0 Å². The molecule has 2 aromatic heterocycles. The highest BCUT2D eigenvalue weighted by molar-refractivity contribution is 5.01. The normalized spacial score (nSPS) is 17.2. The van der Waals surface area contributed by atoms with Gasteiger partial charge in [0.25, 0.3) is 5.56 Å². The van der Waals surface area contributed by atoms with Crippen LogP contribution in [0.3, 0.4) is 0 Å². The van der Waals surface area contributed by atoms with Crippen LogP contribution in [0.2, 0.25) is 0 Å². The van der Waals surface area contributed by atoms with E-state index in [0.29, 0.717) is 11.5 Å². The SMILES string of the molecule is Cc1cncn(CC2CCN(Cc3ccon3)CC2)c1=O. The lowest BCUT2D eigenvalue weighted by Gasteiger charge is -2.31. The van der Waals surface area contributed by atoms with Crippen LogP contribution >= 0.6 is 0 Å². The van der Waals surface area contributed by atoms with Gasteiger partial charge in [0.1, 0.15) is 6.26 Å². The molecule has 0 amide bonds. The zero-order valence-electron chi connectivity index (χ0n) is 12.2. The molecule has 1 aliphatic rings. The molecular formula is C15H20N4O2. The summed E-state index contributed by atoms with van der Waals surface area (Å²) in [5.74, 6) is 0.542. The first kappa shape index (κ1) is 14.0. The summed E-state index contributed by atoms with van der Waals surface area (Å²) in [6, 6.07) is 1.91. The molecule has 0 spiro atoms. The molecule has 1 saturated heterocycles. The van der Waals surface area contributed by atoms with Crippen LogP contribution in [0.4, 0.5) is 0 Å². The van der Waals surface area contributed by atoms with Crippen molar-refractivity contribution in [3.8, 4) is 0 Å². The van der Waals surface area contributed by atoms with Crippen LogP contribution in [0.5, 0.6) is 0 Å². The molecule has 0 saturated carbocycles. The number of nitrogens with zero attached hydrogens (tertiary/aromatic N) is 4. The third-order valence-corrected chi connectivity index (χ3v) is 4.11. The van der Waals surface area contributed by atoms with Gasteiger partial charge in [0.05, 0.1) is 12.0 Å². The van der Waals surface area contributed by atoms with Crippen LogP contribution in [0.1, 0.15) is 24.1 Å². The number of piperidine rings is 1. The van der Waals surface area contributed by atoms with E-state index in [0.717, 1.165) is 44.7 Å². The number of rotatable bonds is 4. The van der Waals surface area contributed by atoms with Crippen molar-refractivity contribution in [3.05, 3.63) is 46.5 Å². The van der Waals surface area contributed by atoms with Gasteiger partial charge < -0.3 is 4.52 Å². The zero-order chi connectivity index (χ0) is 14.7. The molecule has 0 aromatic carbocycles. The Morgan fingerprint density at radius 1 is 1.38 bits per heavy atom. The van der Waals surface area contributed by atoms with Crippen LogP contribution in [0.25, 0.3) is 0 Å². The quantitative estimate of drug-likeness (QED) is 0.852. The highest BCUT2D eigenvalue weighted by Gasteiger charge is 2.20. The van der Waals surface area contributed by atoms with Gasteiger partial charge in [-0.2, -0.15) is 0 Å². The van der Waals surface area contributed by atoms with Gasteiger partial charge in [0.15, 0.2) is 0 Å². The Bertz CT molecular complexity index is 627. The topological polar surface area (TPSA) is 64.2 Å². The van der Waals surface area contributed by atoms with Crippen LogP contribution in [-0.4, -0.2) is 32.7 Å². The Labute approximate surface area is 123 Å². The van der Waals surface area contributed by atoms with Crippen molar-refractivity contribution >= 4 is 0 Å². The lowest BCUT2D eigenvalue weighted by molar-refractivity contribution is 0.163. The summed E-state index contributed by atoms with van der Waals surface area (Å²) >= 11 is 0. The lowest BCUT2D eigenvalue weighted by Crippen LogP contribution is -2.36. The molecule has 0 bridgehead atoms. The molecule has 0 unspecified atom stereocenters. The van der Waals surface area contributed by atoms with E-state index in [1.165, 1.54) is 0 Å². The second kappa shape index (κ2) is 6.22. The Morgan fingerprint density at radius 2 is 2.19 bits per heavy atom. The molecule has 21 heavy (non-hydrogen) atoms. The number of aryl methyl sites for hydroxylation is 1. The van der Waals surface area contributed by atoms with Crippen molar-refractivity contribution in [2.45, 2.75) is 32.9 Å². The largest absolute Gasteiger partial charge is 0.364 e. The lowest BCUT2D eigenvalue weighted by atomic mass is 9.96. The molecule has 2 aromatic rings. The third kappa shape index (κ3) is 3.39. The number of hydrogen-bond acceptors (Lipinski definition) is 5. The average molecular weight is 288 g/mol. The van der Waals surface area contributed by atoms with Crippen LogP contribution in [0, 0.1) is 12.8 Å². The zero-order valence-corrected chi connectivity index (χ0v) is 12.2. The molecule has 6 heteroatoms. The van der Waals surface area contributed by atoms with Crippen LogP contribution < -0.4 is 5.56 Å². The highest BCUT2D eigenvalue weighted by Crippen LogP contribution is 2.19. The Morgan fingerprint density at radius 3 is 2.90 bits per heavy atom. The number of hydrogen-bond donors (Lipinski definition) is 0. The standard InChI is InChI=1S/C15H20N4O2/c1-12-8-16-11-19(15(12)20)9-13-2-5-18(6-3-13)10-14-4-7-21-17-14/h4,7-8,11,13H,2-3,5-6,9-10H2,1H3. The molecule has 0 aliphatic carbocycles. The van der Waals surface area contributed by atoms with E-state index >= 15 is 0 Å². The summed E-state index contributed by atoms with van der Waals surface area (Å²) in [5.41, 5.74) is 1.77. The predicted molar refractivity (Wildman–Crippen MR) is 77.7 cm³/mol. The number of aromatic nitrogens is 3. The van der Waals surface area contributed by atoms with Crippen molar-refractivity contribution in [1.29, 1.82) is 0 Å². The van der Waals surface area contributed by atoms with Gasteiger partial charge in [-0.05, 0) is 38.8 Å². The van der Waals surface area contributed by atoms with Gasteiger partial charge in [0.2, 0.25) is 0 Å². The fourth-order valence-electron chi connectivity index (χ4n) is 2.84. The van der Waals surface area contributed by atoms with Crippen molar-refractivity contribution in [1.82, 2.24) is 19.6 Å². The van der Waals surface area contributed by atoms with E-state index < -0.39 is 0 Å². The summed E-state index contributed by atoms with van der Waals surface area (Å²) in [6.45, 7) is 5.49. The summed E-state index contributed by atoms with van der Waals surface area (Å²) in [4.78, 5) is 18.5. The third-order valence-electron chi connectivity index (χ3n) is 4.11. The monoisotopic (exact) mass is 288 g/mol. The predicted octanol–water partition coefficient (Wildman–Crippen LogP) is 1.45. The molecule has 3 rings (SSSR count). The Balaban J connectivity index is 1.54. The van der Waals surface area contributed by atoms with Gasteiger partial charge in [-0.1, -0.05) is 5.16 Å². The van der Waals surface area contributed by atoms with Crippen molar-refractivity contribution < 1.29 is 4.52 Å². The molecule has 1 aliphatic heterocycles. The van der Waals surface area contributed by atoms with E-state index in [1.54, 1.807) is 23.4 Å². The molecule has 0 N–H and O–H groups in total. The minimum absolute atomic E-state index is 0.0787. The summed E-state index contributed by atoms with van der Waals surface area (Å²) in [7, 11) is 0. The average Bonchev–Trinajstić information content (AvgIpc) is 2.99. The molecule has 1 fully saturated rings. The summed E-state index contributed by atoms with van der Waals surface area (Å²) in [5, 5.41) is 3.95. The molecule has 3 heterocycles. The molecule has 0 atom stereocenters. The maximum absolute atomic E-state index is 12.0. The first-order valence-corrected chi connectivity index (χ1v) is 7.35. The molecule has 0 radical (unpaired) electrons. The van der Waals surface area contributed by atoms with Crippen molar-refractivity contribution in [2.75, 3.05) is 13.1 Å². The second-order valence-electron chi connectivity index (χ2n) is 5.74. The maximum atomic E-state index is 12.0. The van der Waals surface area contributed by atoms with Gasteiger partial charge in [-0.25, -0.2) is 4.98 Å². The molecule has 6 nitrogen and oxygen atoms in total. The van der Waals surface area contributed by atoms with Crippen molar-refractivity contribution in [3.63, 3.8) is 0 Å². The second-order valence-corrected chi connectivity index (χ2v) is 5.74. The smallest absolute Gasteiger partial charge is 0.256 e. The fourth-order valence-corrected chi connectivity index (χ4v) is 2.84. The van der Waals surface area contributed by atoms with Crippen LogP contribution in [-0.2, 0) is 13.1 Å². The Kier molecular flexibility index (Phi) is 4.15. The van der Waals surface area contributed by atoms with Crippen LogP contribution in [0.15, 0.2) is 34.2 Å². The molecule has 112 valence electrons. The number of likely N-dealkylation sites (tertiary alicyclic amines) is 1. The first-order chi connectivity index (χ1) is 10.2. The van der Waals surface area contributed by atoms with E-state index in [4.69, 9.17) is 4.52 Å². The minimum atomic E-state index is 0.0787. The molecular weight excluding hydrogens is 268 g/mol. The highest BCUT2D eigenvalue weighted by atomic mass is 16.5. The maximum Gasteiger partial charge on any atom is 0.256 e. The van der Waals surface area contributed by atoms with Gasteiger partial charge in [0, 0.05) is 30.9 Å². The summed E-state index contributed by atoms with van der Waals surface area (Å²) < 4.78 is 6.60. The van der Waals surface area contributed by atoms with E-state index in [9.17, 15) is 4.79 Å². The van der Waals surface area contributed by atoms with Gasteiger partial charge >= 0.3 is 0 Å². The fraction of sp³-hybridized carbons (Fsp3) is 0.533. The Hall–Kier alpha value is -1.95. The minimum Gasteiger partial charge on any atom is -0.364 e. The van der Waals surface area contributed by atoms with Crippen molar-refractivity contribution in [2.24, 2.45) is 5.92 Å². The van der Waals surface area contributed by atoms with Gasteiger partial charge in [-0.3, -0.25) is 14.3 Å². The van der Waals surface area contributed by atoms with E-state index in [2.05, 4.69) is 15.0 Å². The summed E-state index contributed by atoms with van der Waals surface area (Å²) in [6.07, 6.45) is 7.08.